The predicted octanol–water partition coefficient (Wildman–Crippen LogP) is 5.24. The first-order valence-corrected chi connectivity index (χ1v) is 8.52. The number of hydrogen-bond donors (Lipinski definition) is 1. The van der Waals surface area contributed by atoms with Crippen molar-refractivity contribution in [1.29, 1.82) is 0 Å². The lowest BCUT2D eigenvalue weighted by Gasteiger charge is -2.07. The van der Waals surface area contributed by atoms with Gasteiger partial charge < -0.3 is 9.84 Å². The minimum absolute atomic E-state index is 0.193. The first kappa shape index (κ1) is 17.1. The van der Waals surface area contributed by atoms with Crippen molar-refractivity contribution in [3.8, 4) is 5.75 Å². The Kier molecular flexibility index (Phi) is 8.38. The summed E-state index contributed by atoms with van der Waals surface area (Å²) >= 11 is 6.49. The molecule has 1 aromatic rings. The lowest BCUT2D eigenvalue weighted by molar-refractivity contribution is 0.305. The van der Waals surface area contributed by atoms with E-state index in [0.29, 0.717) is 4.20 Å². The molecule has 1 aromatic carbocycles. The van der Waals surface area contributed by atoms with Crippen molar-refractivity contribution < 1.29 is 9.84 Å². The molecule has 0 spiro atoms. The second-order valence-corrected chi connectivity index (χ2v) is 6.03. The molecule has 0 unspecified atom stereocenters. The van der Waals surface area contributed by atoms with Crippen molar-refractivity contribution in [2.75, 3.05) is 12.9 Å². The Balaban J connectivity index is 2.47. The van der Waals surface area contributed by atoms with E-state index in [4.69, 9.17) is 17.0 Å². The van der Waals surface area contributed by atoms with Crippen LogP contribution in [0.3, 0.4) is 0 Å². The molecule has 1 rings (SSSR count). The van der Waals surface area contributed by atoms with Crippen LogP contribution >= 0.6 is 24.0 Å². The van der Waals surface area contributed by atoms with Crippen molar-refractivity contribution in [2.24, 2.45) is 0 Å². The van der Waals surface area contributed by atoms with E-state index in [1.807, 2.05) is 30.5 Å². The highest BCUT2D eigenvalue weighted by Crippen LogP contribution is 2.18. The molecule has 1 N–H and O–H groups in total. The van der Waals surface area contributed by atoms with Gasteiger partial charge in [-0.1, -0.05) is 38.4 Å². The van der Waals surface area contributed by atoms with E-state index < -0.39 is 0 Å². The molecule has 0 aromatic heterocycles. The molecule has 0 heterocycles. The molecule has 0 saturated heterocycles. The van der Waals surface area contributed by atoms with Crippen molar-refractivity contribution in [3.63, 3.8) is 0 Å². The van der Waals surface area contributed by atoms with Crippen LogP contribution in [0, 0.1) is 0 Å². The average Bonchev–Trinajstić information content (AvgIpc) is 2.47. The van der Waals surface area contributed by atoms with Gasteiger partial charge >= 0.3 is 0 Å². The SMILES string of the molecule is CCCCCCOc1ccc(/C(O)=C/C(=S)SC)cc1. The number of unbranched alkanes of at least 4 members (excludes halogenated alkanes) is 3. The van der Waals surface area contributed by atoms with Gasteiger partial charge in [-0.15, -0.1) is 11.8 Å². The number of aliphatic hydroxyl groups is 1. The molecule has 0 radical (unpaired) electrons. The van der Waals surface area contributed by atoms with E-state index in [-0.39, 0.29) is 5.76 Å². The van der Waals surface area contributed by atoms with Crippen LogP contribution in [-0.2, 0) is 0 Å². The summed E-state index contributed by atoms with van der Waals surface area (Å²) in [7, 11) is 0. The van der Waals surface area contributed by atoms with Crippen LogP contribution in [0.15, 0.2) is 30.3 Å². The van der Waals surface area contributed by atoms with Gasteiger partial charge in [0.05, 0.1) is 10.8 Å². The summed E-state index contributed by atoms with van der Waals surface area (Å²) in [6.07, 6.45) is 8.28. The first-order valence-electron chi connectivity index (χ1n) is 6.89. The maximum Gasteiger partial charge on any atom is 0.124 e. The standard InChI is InChI=1S/C16H22O2S2/c1-3-4-5-6-11-18-14-9-7-13(8-10-14)15(17)12-16(19)20-2/h7-10,12,17H,3-6,11H2,1-2H3/b15-12-. The highest BCUT2D eigenvalue weighted by molar-refractivity contribution is 8.23. The Labute approximate surface area is 131 Å². The number of benzene rings is 1. The molecular weight excluding hydrogens is 288 g/mol. The fourth-order valence-electron chi connectivity index (χ4n) is 1.69. The molecule has 0 aliphatic rings. The Bertz CT molecular complexity index is 438. The van der Waals surface area contributed by atoms with Gasteiger partial charge in [0, 0.05) is 11.6 Å². The molecule has 0 aliphatic heterocycles. The van der Waals surface area contributed by atoms with E-state index in [2.05, 4.69) is 6.92 Å². The molecule has 0 amide bonds. The zero-order valence-electron chi connectivity index (χ0n) is 12.1. The predicted molar refractivity (Wildman–Crippen MR) is 92.8 cm³/mol. The van der Waals surface area contributed by atoms with Crippen LogP contribution in [0.1, 0.15) is 38.2 Å². The second kappa shape index (κ2) is 9.83. The fourth-order valence-corrected chi connectivity index (χ4v) is 2.04. The summed E-state index contributed by atoms with van der Waals surface area (Å²) in [6, 6.07) is 7.44. The smallest absolute Gasteiger partial charge is 0.124 e. The molecule has 110 valence electrons. The third-order valence-corrected chi connectivity index (χ3v) is 4.01. The van der Waals surface area contributed by atoms with Gasteiger partial charge in [0.15, 0.2) is 0 Å². The summed E-state index contributed by atoms with van der Waals surface area (Å²) in [5, 5.41) is 9.91. The van der Waals surface area contributed by atoms with Crippen LogP contribution in [0.5, 0.6) is 5.75 Å². The number of thioether (sulfide) groups is 1. The monoisotopic (exact) mass is 310 g/mol. The number of rotatable bonds is 8. The Morgan fingerprint density at radius 3 is 2.55 bits per heavy atom. The quantitative estimate of drug-likeness (QED) is 0.308. The summed E-state index contributed by atoms with van der Waals surface area (Å²) in [5.41, 5.74) is 0.750. The van der Waals surface area contributed by atoms with Crippen LogP contribution in [-0.4, -0.2) is 22.2 Å². The van der Waals surface area contributed by atoms with Crippen LogP contribution in [0.25, 0.3) is 5.76 Å². The maximum absolute atomic E-state index is 9.91. The lowest BCUT2D eigenvalue weighted by atomic mass is 10.2. The van der Waals surface area contributed by atoms with E-state index in [1.165, 1.54) is 31.0 Å². The molecule has 0 saturated carbocycles. The lowest BCUT2D eigenvalue weighted by Crippen LogP contribution is -1.97. The molecule has 4 heteroatoms. The van der Waals surface area contributed by atoms with Crippen LogP contribution in [0.4, 0.5) is 0 Å². The summed E-state index contributed by atoms with van der Waals surface area (Å²) in [4.78, 5) is 0. The van der Waals surface area contributed by atoms with Crippen molar-refractivity contribution in [3.05, 3.63) is 35.9 Å². The minimum Gasteiger partial charge on any atom is -0.507 e. The number of aliphatic hydroxyl groups excluding tert-OH is 1. The van der Waals surface area contributed by atoms with E-state index in [9.17, 15) is 5.11 Å². The van der Waals surface area contributed by atoms with Gasteiger partial charge in [-0.25, -0.2) is 0 Å². The normalized spacial score (nSPS) is 11.4. The van der Waals surface area contributed by atoms with Gasteiger partial charge in [-0.2, -0.15) is 0 Å². The molecule has 0 fully saturated rings. The van der Waals surface area contributed by atoms with Crippen molar-refractivity contribution in [1.82, 2.24) is 0 Å². The Morgan fingerprint density at radius 1 is 1.25 bits per heavy atom. The zero-order valence-corrected chi connectivity index (χ0v) is 13.7. The molecule has 0 bridgehead atoms. The Hall–Kier alpha value is -1.00. The first-order chi connectivity index (χ1) is 9.67. The molecule has 0 atom stereocenters. The van der Waals surface area contributed by atoms with E-state index in [1.54, 1.807) is 6.08 Å². The Morgan fingerprint density at radius 2 is 1.95 bits per heavy atom. The van der Waals surface area contributed by atoms with Gasteiger partial charge in [-0.3, -0.25) is 0 Å². The topological polar surface area (TPSA) is 29.5 Å². The summed E-state index contributed by atoms with van der Waals surface area (Å²) in [6.45, 7) is 2.94. The summed E-state index contributed by atoms with van der Waals surface area (Å²) < 4.78 is 6.32. The molecule has 0 aliphatic carbocycles. The summed E-state index contributed by atoms with van der Waals surface area (Å²) in [5.74, 6) is 1.03. The zero-order chi connectivity index (χ0) is 14.8. The average molecular weight is 310 g/mol. The number of hydrogen-bond acceptors (Lipinski definition) is 4. The largest absolute Gasteiger partial charge is 0.507 e. The van der Waals surface area contributed by atoms with Gasteiger partial charge in [0.25, 0.3) is 0 Å². The third-order valence-electron chi connectivity index (χ3n) is 2.87. The third kappa shape index (κ3) is 6.44. The van der Waals surface area contributed by atoms with Crippen LogP contribution in [0.2, 0.25) is 0 Å². The number of ether oxygens (including phenoxy) is 1. The molecule has 2 nitrogen and oxygen atoms in total. The maximum atomic E-state index is 9.91. The second-order valence-electron chi connectivity index (χ2n) is 4.49. The van der Waals surface area contributed by atoms with E-state index in [0.717, 1.165) is 24.3 Å². The van der Waals surface area contributed by atoms with Gasteiger partial charge in [0.1, 0.15) is 11.5 Å². The molecular formula is C16H22O2S2. The van der Waals surface area contributed by atoms with E-state index >= 15 is 0 Å². The van der Waals surface area contributed by atoms with Crippen molar-refractivity contribution in [2.45, 2.75) is 32.6 Å². The highest BCUT2D eigenvalue weighted by atomic mass is 32.2. The fraction of sp³-hybridized carbons (Fsp3) is 0.438. The number of thiocarbonyl (C=S) groups is 1. The van der Waals surface area contributed by atoms with Gasteiger partial charge in [-0.05, 0) is 36.9 Å². The van der Waals surface area contributed by atoms with Crippen LogP contribution < -0.4 is 4.74 Å². The van der Waals surface area contributed by atoms with Crippen molar-refractivity contribution >= 4 is 33.9 Å². The molecule has 20 heavy (non-hydrogen) atoms. The van der Waals surface area contributed by atoms with Gasteiger partial charge in [0.2, 0.25) is 0 Å². The minimum atomic E-state index is 0.193. The highest BCUT2D eigenvalue weighted by Gasteiger charge is 2.01.